The first-order chi connectivity index (χ1) is 12.2. The van der Waals surface area contributed by atoms with Crippen LogP contribution >= 0.6 is 0 Å². The van der Waals surface area contributed by atoms with Gasteiger partial charge in [-0.15, -0.1) is 0 Å². The molecule has 0 heterocycles. The zero-order chi connectivity index (χ0) is 17.6. The summed E-state index contributed by atoms with van der Waals surface area (Å²) in [6, 6.07) is 25.1. The molecule has 1 unspecified atom stereocenters. The van der Waals surface area contributed by atoms with E-state index in [2.05, 4.69) is 5.32 Å². The van der Waals surface area contributed by atoms with Gasteiger partial charge in [-0.05, 0) is 41.8 Å². The number of methoxy groups -OCH3 is 1. The van der Waals surface area contributed by atoms with Crippen molar-refractivity contribution in [2.75, 3.05) is 7.11 Å². The van der Waals surface area contributed by atoms with Gasteiger partial charge >= 0.3 is 0 Å². The van der Waals surface area contributed by atoms with E-state index in [0.29, 0.717) is 5.56 Å². The molecule has 25 heavy (non-hydrogen) atoms. The summed E-state index contributed by atoms with van der Waals surface area (Å²) in [5.74, 6) is 0.712. The molecule has 0 aliphatic carbocycles. The van der Waals surface area contributed by atoms with Crippen molar-refractivity contribution in [2.24, 2.45) is 0 Å². The average molecular weight is 331 g/mol. The third-order valence-corrected chi connectivity index (χ3v) is 4.25. The summed E-state index contributed by atoms with van der Waals surface area (Å²) in [4.78, 5) is 12.8. The summed E-state index contributed by atoms with van der Waals surface area (Å²) in [5.41, 5.74) is 3.70. The number of aryl methyl sites for hydroxylation is 1. The van der Waals surface area contributed by atoms with Crippen molar-refractivity contribution in [1.29, 1.82) is 0 Å². The molecular weight excluding hydrogens is 310 g/mol. The molecule has 0 aliphatic rings. The lowest BCUT2D eigenvalue weighted by molar-refractivity contribution is 0.0942. The molecule has 1 atom stereocenters. The number of hydrogen-bond acceptors (Lipinski definition) is 2. The van der Waals surface area contributed by atoms with Gasteiger partial charge in [0.1, 0.15) is 5.75 Å². The maximum atomic E-state index is 12.8. The molecular formula is C22H21NO2. The largest absolute Gasteiger partial charge is 0.497 e. The van der Waals surface area contributed by atoms with Crippen molar-refractivity contribution in [3.05, 3.63) is 101 Å². The number of carbonyl (C=O) groups excluding carboxylic acids is 1. The van der Waals surface area contributed by atoms with E-state index >= 15 is 0 Å². The summed E-state index contributed by atoms with van der Waals surface area (Å²) < 4.78 is 5.23. The van der Waals surface area contributed by atoms with Gasteiger partial charge in [0.2, 0.25) is 0 Å². The van der Waals surface area contributed by atoms with Crippen LogP contribution in [0.15, 0.2) is 78.9 Å². The highest BCUT2D eigenvalue weighted by atomic mass is 16.5. The lowest BCUT2D eigenvalue weighted by Gasteiger charge is -2.21. The Labute approximate surface area is 148 Å². The van der Waals surface area contributed by atoms with Crippen LogP contribution in [0.3, 0.4) is 0 Å². The SMILES string of the molecule is COc1ccc(C(NC(=O)c2ccccc2C)c2ccccc2)cc1. The maximum Gasteiger partial charge on any atom is 0.252 e. The van der Waals surface area contributed by atoms with E-state index in [1.54, 1.807) is 7.11 Å². The van der Waals surface area contributed by atoms with Crippen LogP contribution in [0, 0.1) is 6.92 Å². The van der Waals surface area contributed by atoms with Crippen molar-refractivity contribution in [3.8, 4) is 5.75 Å². The fourth-order valence-corrected chi connectivity index (χ4v) is 2.84. The number of ether oxygens (including phenoxy) is 1. The van der Waals surface area contributed by atoms with Crippen molar-refractivity contribution < 1.29 is 9.53 Å². The van der Waals surface area contributed by atoms with E-state index in [-0.39, 0.29) is 11.9 Å². The van der Waals surface area contributed by atoms with E-state index in [0.717, 1.165) is 22.4 Å². The standard InChI is InChI=1S/C22H21NO2/c1-16-8-6-7-11-20(16)22(24)23-21(17-9-4-3-5-10-17)18-12-14-19(25-2)15-13-18/h3-15,21H,1-2H3,(H,23,24). The molecule has 0 saturated carbocycles. The minimum absolute atomic E-state index is 0.0808. The van der Waals surface area contributed by atoms with Crippen LogP contribution in [0.25, 0.3) is 0 Å². The van der Waals surface area contributed by atoms with Gasteiger partial charge < -0.3 is 10.1 Å². The molecule has 1 N–H and O–H groups in total. The molecule has 0 bridgehead atoms. The third kappa shape index (κ3) is 3.89. The Morgan fingerprint density at radius 2 is 1.44 bits per heavy atom. The van der Waals surface area contributed by atoms with Crippen LogP contribution in [0.2, 0.25) is 0 Å². The lowest BCUT2D eigenvalue weighted by atomic mass is 9.97. The Morgan fingerprint density at radius 1 is 0.840 bits per heavy atom. The number of nitrogens with one attached hydrogen (secondary N) is 1. The highest BCUT2D eigenvalue weighted by Gasteiger charge is 2.18. The summed E-state index contributed by atoms with van der Waals surface area (Å²) >= 11 is 0. The minimum Gasteiger partial charge on any atom is -0.497 e. The van der Waals surface area contributed by atoms with E-state index in [1.165, 1.54) is 0 Å². The molecule has 0 aliphatic heterocycles. The first-order valence-electron chi connectivity index (χ1n) is 8.24. The van der Waals surface area contributed by atoms with Gasteiger partial charge in [-0.1, -0.05) is 60.7 Å². The van der Waals surface area contributed by atoms with Gasteiger partial charge in [-0.3, -0.25) is 4.79 Å². The number of carbonyl (C=O) groups is 1. The van der Waals surface area contributed by atoms with Gasteiger partial charge in [0.25, 0.3) is 5.91 Å². The zero-order valence-electron chi connectivity index (χ0n) is 14.4. The normalized spacial score (nSPS) is 11.6. The van der Waals surface area contributed by atoms with Crippen molar-refractivity contribution in [3.63, 3.8) is 0 Å². The highest BCUT2D eigenvalue weighted by Crippen LogP contribution is 2.25. The molecule has 3 rings (SSSR count). The zero-order valence-corrected chi connectivity index (χ0v) is 14.4. The van der Waals surface area contributed by atoms with E-state index in [9.17, 15) is 4.79 Å². The van der Waals surface area contributed by atoms with Crippen molar-refractivity contribution >= 4 is 5.91 Å². The number of amides is 1. The Kier molecular flexibility index (Phi) is 5.14. The molecule has 0 radical (unpaired) electrons. The van der Waals surface area contributed by atoms with Gasteiger partial charge in [0, 0.05) is 5.56 Å². The Morgan fingerprint density at radius 3 is 2.08 bits per heavy atom. The second-order valence-corrected chi connectivity index (χ2v) is 5.91. The second kappa shape index (κ2) is 7.67. The van der Waals surface area contributed by atoms with Crippen LogP contribution in [-0.4, -0.2) is 13.0 Å². The molecule has 0 saturated heterocycles. The monoisotopic (exact) mass is 331 g/mol. The van der Waals surface area contributed by atoms with Crippen LogP contribution in [0.1, 0.15) is 33.1 Å². The van der Waals surface area contributed by atoms with E-state index < -0.39 is 0 Å². The van der Waals surface area contributed by atoms with Crippen LogP contribution < -0.4 is 10.1 Å². The first kappa shape index (κ1) is 16.8. The molecule has 1 amide bonds. The molecule has 3 aromatic rings. The number of benzene rings is 3. The van der Waals surface area contributed by atoms with Crippen LogP contribution in [0.5, 0.6) is 5.75 Å². The fourth-order valence-electron chi connectivity index (χ4n) is 2.84. The van der Waals surface area contributed by atoms with Crippen molar-refractivity contribution in [2.45, 2.75) is 13.0 Å². The summed E-state index contributed by atoms with van der Waals surface area (Å²) in [6.45, 7) is 1.94. The Balaban J connectivity index is 1.94. The number of hydrogen-bond donors (Lipinski definition) is 1. The molecule has 0 spiro atoms. The quantitative estimate of drug-likeness (QED) is 0.746. The topological polar surface area (TPSA) is 38.3 Å². The molecule has 126 valence electrons. The second-order valence-electron chi connectivity index (χ2n) is 5.91. The third-order valence-electron chi connectivity index (χ3n) is 4.25. The van der Waals surface area contributed by atoms with E-state index in [1.807, 2.05) is 85.8 Å². The van der Waals surface area contributed by atoms with Crippen LogP contribution in [-0.2, 0) is 0 Å². The Bertz CT molecular complexity index is 841. The fraction of sp³-hybridized carbons (Fsp3) is 0.136. The molecule has 3 aromatic carbocycles. The summed E-state index contributed by atoms with van der Waals surface area (Å²) in [7, 11) is 1.64. The maximum absolute atomic E-state index is 12.8. The smallest absolute Gasteiger partial charge is 0.252 e. The van der Waals surface area contributed by atoms with Gasteiger partial charge in [0.15, 0.2) is 0 Å². The molecule has 0 aromatic heterocycles. The van der Waals surface area contributed by atoms with Gasteiger partial charge in [-0.2, -0.15) is 0 Å². The average Bonchev–Trinajstić information content (AvgIpc) is 2.67. The predicted octanol–water partition coefficient (Wildman–Crippen LogP) is 4.52. The molecule has 3 heteroatoms. The van der Waals surface area contributed by atoms with Crippen molar-refractivity contribution in [1.82, 2.24) is 5.32 Å². The van der Waals surface area contributed by atoms with Gasteiger partial charge in [0.05, 0.1) is 13.2 Å². The Hall–Kier alpha value is -3.07. The summed E-state index contributed by atoms with van der Waals surface area (Å²) in [6.07, 6.45) is 0. The minimum atomic E-state index is -0.223. The highest BCUT2D eigenvalue weighted by molar-refractivity contribution is 5.96. The molecule has 0 fully saturated rings. The van der Waals surface area contributed by atoms with E-state index in [4.69, 9.17) is 4.74 Å². The number of rotatable bonds is 5. The lowest BCUT2D eigenvalue weighted by Crippen LogP contribution is -2.29. The summed E-state index contributed by atoms with van der Waals surface area (Å²) in [5, 5.41) is 3.16. The van der Waals surface area contributed by atoms with Crippen LogP contribution in [0.4, 0.5) is 0 Å². The molecule has 3 nitrogen and oxygen atoms in total. The van der Waals surface area contributed by atoms with Gasteiger partial charge in [-0.25, -0.2) is 0 Å². The predicted molar refractivity (Wildman–Crippen MR) is 99.9 cm³/mol. The first-order valence-corrected chi connectivity index (χ1v) is 8.24.